The first kappa shape index (κ1) is 15.8. The fourth-order valence-electron chi connectivity index (χ4n) is 0.204. The second kappa shape index (κ2) is 16.7. The molecule has 0 bridgehead atoms. The van der Waals surface area contributed by atoms with Crippen LogP contribution in [0.1, 0.15) is 13.8 Å². The molecule has 0 rings (SSSR count). The Labute approximate surface area is 46.0 Å². The molecule has 0 aliphatic rings. The summed E-state index contributed by atoms with van der Waals surface area (Å²) in [5.41, 5.74) is 0. The molecule has 3 heteroatoms. The summed E-state index contributed by atoms with van der Waals surface area (Å²) in [5, 5.41) is 0. The van der Waals surface area contributed by atoms with Crippen LogP contribution in [0.3, 0.4) is 0 Å². The van der Waals surface area contributed by atoms with Crippen molar-refractivity contribution in [2.75, 3.05) is 13.2 Å². The van der Waals surface area contributed by atoms with Crippen LogP contribution in [-0.2, 0) is 4.74 Å². The highest BCUT2D eigenvalue weighted by atomic mass is 19.0. The van der Waals surface area contributed by atoms with Crippen molar-refractivity contribution in [3.63, 3.8) is 0 Å². The van der Waals surface area contributed by atoms with E-state index in [9.17, 15) is 0 Å². The molecule has 1 nitrogen and oxygen atoms in total. The third kappa shape index (κ3) is 24.4. The molecule has 0 heterocycles. The highest BCUT2D eigenvalue weighted by molar-refractivity contribution is 5.75. The van der Waals surface area contributed by atoms with Gasteiger partial charge < -0.3 is 4.74 Å². The maximum Gasteiger partial charge on any atom is 0.0814 e. The normalized spacial score (nSPS) is 6.00. The van der Waals surface area contributed by atoms with E-state index in [4.69, 9.17) is 4.74 Å². The second-order valence-corrected chi connectivity index (χ2v) is 0.781. The van der Waals surface area contributed by atoms with Crippen LogP contribution in [0, 0.1) is 0 Å². The van der Waals surface area contributed by atoms with Crippen molar-refractivity contribution in [3.05, 3.63) is 0 Å². The van der Waals surface area contributed by atoms with Crippen LogP contribution in [0.5, 0.6) is 0 Å². The molecule has 0 N–H and O–H groups in total. The van der Waals surface area contributed by atoms with E-state index in [1.54, 1.807) is 0 Å². The van der Waals surface area contributed by atoms with Crippen molar-refractivity contribution in [2.24, 2.45) is 0 Å². The smallest absolute Gasteiger partial charge is 0.0814 e. The Balaban J connectivity index is -0.0000000800. The van der Waals surface area contributed by atoms with Crippen LogP contribution >= 0.6 is 0 Å². The Morgan fingerprint density at radius 2 is 1.43 bits per heavy atom. The zero-order valence-electron chi connectivity index (χ0n) is 4.23. The predicted octanol–water partition coefficient (Wildman–Crippen LogP) is 0.0114. The van der Waals surface area contributed by atoms with Gasteiger partial charge in [0.15, 0.2) is 0 Å². The van der Waals surface area contributed by atoms with Crippen LogP contribution < -0.4 is 0 Å². The van der Waals surface area contributed by atoms with Gasteiger partial charge >= 0.3 is 0 Å². The Morgan fingerprint density at radius 3 is 1.43 bits per heavy atom. The van der Waals surface area contributed by atoms with Crippen molar-refractivity contribution < 1.29 is 9.44 Å². The standard InChI is InChI=1S/C4H10O.BH3.FH/c1-3-5-4-2;;/h3-4H2,1-2H3;1H3;1H. The maximum atomic E-state index is 4.83. The fraction of sp³-hybridized carbons (Fsp3) is 1.00. The van der Waals surface area contributed by atoms with Gasteiger partial charge in [0, 0.05) is 13.2 Å². The summed E-state index contributed by atoms with van der Waals surface area (Å²) in [4.78, 5) is 0. The highest BCUT2D eigenvalue weighted by Crippen LogP contribution is 1.64. The van der Waals surface area contributed by atoms with E-state index < -0.39 is 0 Å². The summed E-state index contributed by atoms with van der Waals surface area (Å²) >= 11 is 0. The van der Waals surface area contributed by atoms with Crippen LogP contribution in [0.25, 0.3) is 0 Å². The van der Waals surface area contributed by atoms with E-state index in [0.29, 0.717) is 0 Å². The molecule has 0 aromatic heterocycles. The summed E-state index contributed by atoms with van der Waals surface area (Å²) in [7, 11) is 0. The first-order valence-electron chi connectivity index (χ1n) is 1.99. The summed E-state index contributed by atoms with van der Waals surface area (Å²) in [6.07, 6.45) is 0. The second-order valence-electron chi connectivity index (χ2n) is 0.781. The van der Waals surface area contributed by atoms with E-state index in [1.165, 1.54) is 0 Å². The van der Waals surface area contributed by atoms with Gasteiger partial charge in [-0.05, 0) is 13.8 Å². The average molecular weight is 108 g/mol. The molecule has 0 unspecified atom stereocenters. The minimum Gasteiger partial charge on any atom is -0.382 e. The average Bonchev–Trinajstić information content (AvgIpc) is 1.41. The Morgan fingerprint density at radius 1 is 1.14 bits per heavy atom. The molecular formula is C4H14BFO. The maximum absolute atomic E-state index is 4.83. The first-order chi connectivity index (χ1) is 2.41. The number of rotatable bonds is 2. The van der Waals surface area contributed by atoms with E-state index >= 15 is 0 Å². The highest BCUT2D eigenvalue weighted by Gasteiger charge is 1.64. The lowest BCUT2D eigenvalue weighted by Gasteiger charge is -1.86. The zero-order valence-corrected chi connectivity index (χ0v) is 4.23. The molecular weight excluding hydrogens is 93.9 g/mol. The van der Waals surface area contributed by atoms with Crippen LogP contribution in [0.2, 0.25) is 0 Å². The SMILES string of the molecule is B.CCOCC.F. The molecule has 0 aliphatic carbocycles. The minimum absolute atomic E-state index is 0. The molecule has 46 valence electrons. The lowest BCUT2D eigenvalue weighted by molar-refractivity contribution is 0.162. The van der Waals surface area contributed by atoms with Gasteiger partial charge in [-0.1, -0.05) is 0 Å². The van der Waals surface area contributed by atoms with Gasteiger partial charge in [-0.25, -0.2) is 0 Å². The molecule has 0 saturated carbocycles. The molecule has 7 heavy (non-hydrogen) atoms. The predicted molar refractivity (Wildman–Crippen MR) is 34.6 cm³/mol. The Kier molecular flexibility index (Phi) is 37.7. The quantitative estimate of drug-likeness (QED) is 0.453. The van der Waals surface area contributed by atoms with Gasteiger partial charge in [-0.2, -0.15) is 0 Å². The van der Waals surface area contributed by atoms with E-state index in [2.05, 4.69) is 0 Å². The van der Waals surface area contributed by atoms with Crippen molar-refractivity contribution in [3.8, 4) is 0 Å². The van der Waals surface area contributed by atoms with Gasteiger partial charge in [0.25, 0.3) is 0 Å². The lowest BCUT2D eigenvalue weighted by atomic mass is 10.8. The van der Waals surface area contributed by atoms with E-state index in [0.717, 1.165) is 13.2 Å². The van der Waals surface area contributed by atoms with Gasteiger partial charge in [0.05, 0.1) is 8.41 Å². The summed E-state index contributed by atoms with van der Waals surface area (Å²) in [6, 6.07) is 0. The van der Waals surface area contributed by atoms with Crippen molar-refractivity contribution in [1.82, 2.24) is 0 Å². The fourth-order valence-corrected chi connectivity index (χ4v) is 0.204. The monoisotopic (exact) mass is 108 g/mol. The molecule has 0 spiro atoms. The molecule has 0 atom stereocenters. The zero-order chi connectivity index (χ0) is 4.12. The van der Waals surface area contributed by atoms with Gasteiger partial charge in [-0.15, -0.1) is 0 Å². The third-order valence-electron chi connectivity index (χ3n) is 0.408. The minimum atomic E-state index is 0. The van der Waals surface area contributed by atoms with Crippen LogP contribution in [0.15, 0.2) is 0 Å². The van der Waals surface area contributed by atoms with Crippen molar-refractivity contribution >= 4 is 8.41 Å². The molecule has 0 saturated heterocycles. The first-order valence-corrected chi connectivity index (χ1v) is 1.99. The van der Waals surface area contributed by atoms with Gasteiger partial charge in [0.2, 0.25) is 0 Å². The molecule has 0 aromatic carbocycles. The summed E-state index contributed by atoms with van der Waals surface area (Å²) in [5.74, 6) is 0. The topological polar surface area (TPSA) is 9.23 Å². The molecule has 0 radical (unpaired) electrons. The summed E-state index contributed by atoms with van der Waals surface area (Å²) < 4.78 is 4.83. The number of hydrogen-bond acceptors (Lipinski definition) is 1. The van der Waals surface area contributed by atoms with Crippen LogP contribution in [-0.4, -0.2) is 21.6 Å². The van der Waals surface area contributed by atoms with Crippen LogP contribution in [0.4, 0.5) is 4.70 Å². The lowest BCUT2D eigenvalue weighted by Crippen LogP contribution is -1.84. The number of ether oxygens (including phenoxy) is 1. The van der Waals surface area contributed by atoms with E-state index in [1.807, 2.05) is 13.8 Å². The molecule has 0 fully saturated rings. The largest absolute Gasteiger partial charge is 0.382 e. The van der Waals surface area contributed by atoms with Crippen molar-refractivity contribution in [2.45, 2.75) is 13.8 Å². The molecule has 0 aromatic rings. The third-order valence-corrected chi connectivity index (χ3v) is 0.408. The molecule has 0 amide bonds. The van der Waals surface area contributed by atoms with E-state index in [-0.39, 0.29) is 13.1 Å². The number of hydrogen-bond donors (Lipinski definition) is 0. The number of halogens is 1. The Bertz CT molecular complexity index is 19.2. The van der Waals surface area contributed by atoms with Gasteiger partial charge in [-0.3, -0.25) is 4.70 Å². The van der Waals surface area contributed by atoms with Crippen molar-refractivity contribution in [1.29, 1.82) is 0 Å². The van der Waals surface area contributed by atoms with Gasteiger partial charge in [0.1, 0.15) is 0 Å². The summed E-state index contributed by atoms with van der Waals surface area (Å²) in [6.45, 7) is 5.67. The molecule has 0 aliphatic heterocycles. The Hall–Kier alpha value is -0.0451.